The van der Waals surface area contributed by atoms with Gasteiger partial charge in [0.2, 0.25) is 11.7 Å². The maximum atomic E-state index is 13.5. The van der Waals surface area contributed by atoms with Crippen LogP contribution in [-0.4, -0.2) is 87.3 Å². The molecule has 0 unspecified atom stereocenters. The highest BCUT2D eigenvalue weighted by atomic mass is 16.6. The molecule has 4 fully saturated rings. The fraction of sp³-hybridized carbons (Fsp3) is 0.778. The molecular weight excluding hydrogens is 500 g/mol. The molecule has 3 N–H and O–H groups in total. The molecule has 0 aromatic heterocycles. The molecule has 0 amide bonds. The number of esters is 3. The van der Waals surface area contributed by atoms with E-state index in [0.717, 1.165) is 6.92 Å². The van der Waals surface area contributed by atoms with Gasteiger partial charge in [0.15, 0.2) is 5.78 Å². The molecule has 2 bridgehead atoms. The Labute approximate surface area is 220 Å². The van der Waals surface area contributed by atoms with Crippen molar-refractivity contribution >= 4 is 23.7 Å². The summed E-state index contributed by atoms with van der Waals surface area (Å²) in [5, 5.41) is 34.3. The standard InChI is InChI=1S/C27H36O11/c1-7-24(4,38-12(3)28)23(34)37-17-19-26(6)21(32)16(30)18-25(5)13(11(2)8-14(29)20(25)31)9-15(36-22(17)33)27(18,19)10-35-26/h8,13,15-21,30-32H,7,9-10H2,1-6H3/t13-,15+,16+,17+,18+,19-,20+,21+,24-,25-,26-,27+/m0/s1. The molecule has 2 heterocycles. The lowest BCUT2D eigenvalue weighted by molar-refractivity contribution is -0.298. The van der Waals surface area contributed by atoms with Crippen LogP contribution in [0.15, 0.2) is 11.6 Å². The molecule has 0 radical (unpaired) electrons. The van der Waals surface area contributed by atoms with Crippen molar-refractivity contribution in [3.8, 4) is 0 Å². The van der Waals surface area contributed by atoms with E-state index in [2.05, 4.69) is 0 Å². The van der Waals surface area contributed by atoms with Crippen molar-refractivity contribution in [3.05, 3.63) is 11.6 Å². The first-order valence-corrected chi connectivity index (χ1v) is 13.1. The van der Waals surface area contributed by atoms with Crippen molar-refractivity contribution < 1.29 is 53.4 Å². The topological polar surface area (TPSA) is 166 Å². The lowest BCUT2D eigenvalue weighted by atomic mass is 9.38. The van der Waals surface area contributed by atoms with Crippen LogP contribution in [0.4, 0.5) is 0 Å². The highest BCUT2D eigenvalue weighted by molar-refractivity contribution is 5.96. The van der Waals surface area contributed by atoms with Crippen molar-refractivity contribution in [2.45, 2.75) is 96.1 Å². The maximum absolute atomic E-state index is 13.5. The van der Waals surface area contributed by atoms with Gasteiger partial charge in [-0.05, 0) is 45.6 Å². The SMILES string of the molecule is CC[C@](C)(OC(C)=O)C(=O)O[C@H]1C(=O)O[C@@H]2C[C@H]3C(C)=CC(=O)[C@@H](O)[C@]3(C)[C@H]3[C@@H](O)[C@@H](O)[C@@]4(C)OC[C@]32[C@@H]14. The summed E-state index contributed by atoms with van der Waals surface area (Å²) in [4.78, 5) is 51.3. The van der Waals surface area contributed by atoms with Crippen LogP contribution in [0.25, 0.3) is 0 Å². The Morgan fingerprint density at radius 3 is 2.45 bits per heavy atom. The van der Waals surface area contributed by atoms with Crippen LogP contribution in [0.3, 0.4) is 0 Å². The molecule has 2 aliphatic heterocycles. The number of rotatable bonds is 4. The highest BCUT2D eigenvalue weighted by Crippen LogP contribution is 2.72. The predicted molar refractivity (Wildman–Crippen MR) is 127 cm³/mol. The van der Waals surface area contributed by atoms with E-state index < -0.39 is 94.0 Å². The number of ether oxygens (including phenoxy) is 4. The van der Waals surface area contributed by atoms with E-state index in [-0.39, 0.29) is 19.4 Å². The summed E-state index contributed by atoms with van der Waals surface area (Å²) in [6.45, 7) is 9.14. The first-order valence-electron chi connectivity index (χ1n) is 13.1. The van der Waals surface area contributed by atoms with Crippen molar-refractivity contribution in [2.75, 3.05) is 6.61 Å². The number of carbonyl (C=O) groups is 4. The monoisotopic (exact) mass is 536 g/mol. The van der Waals surface area contributed by atoms with E-state index >= 15 is 0 Å². The van der Waals surface area contributed by atoms with Crippen molar-refractivity contribution in [2.24, 2.45) is 28.6 Å². The van der Waals surface area contributed by atoms with E-state index in [9.17, 15) is 34.5 Å². The van der Waals surface area contributed by atoms with Gasteiger partial charge in [-0.3, -0.25) is 9.59 Å². The van der Waals surface area contributed by atoms with Gasteiger partial charge in [0.25, 0.3) is 0 Å². The molecule has 1 spiro atoms. The predicted octanol–water partition coefficient (Wildman–Crippen LogP) is 0.215. The first-order chi connectivity index (χ1) is 17.6. The molecule has 0 aromatic rings. The Morgan fingerprint density at radius 1 is 1.18 bits per heavy atom. The summed E-state index contributed by atoms with van der Waals surface area (Å²) < 4.78 is 23.1. The van der Waals surface area contributed by atoms with E-state index in [1.165, 1.54) is 13.0 Å². The number of aliphatic hydroxyl groups excluding tert-OH is 3. The zero-order valence-corrected chi connectivity index (χ0v) is 22.4. The summed E-state index contributed by atoms with van der Waals surface area (Å²) in [6.07, 6.45) is -5.08. The molecule has 12 atom stereocenters. The van der Waals surface area contributed by atoms with Gasteiger partial charge in [-0.1, -0.05) is 19.4 Å². The first kappa shape index (κ1) is 27.2. The minimum atomic E-state index is -1.68. The summed E-state index contributed by atoms with van der Waals surface area (Å²) in [6, 6.07) is 0. The summed E-state index contributed by atoms with van der Waals surface area (Å²) >= 11 is 0. The number of aliphatic hydroxyl groups is 3. The third-order valence-corrected chi connectivity index (χ3v) is 10.4. The average Bonchev–Trinajstić information content (AvgIpc) is 3.11. The lowest BCUT2D eigenvalue weighted by Crippen LogP contribution is -2.78. The quantitative estimate of drug-likeness (QED) is 0.332. The Bertz CT molecular complexity index is 1130. The number of hydrogen-bond donors (Lipinski definition) is 3. The molecule has 0 aromatic carbocycles. The van der Waals surface area contributed by atoms with Gasteiger partial charge in [0.1, 0.15) is 23.9 Å². The Balaban J connectivity index is 1.65. The molecule has 5 aliphatic rings. The normalized spacial score (nSPS) is 48.6. The van der Waals surface area contributed by atoms with Crippen LogP contribution < -0.4 is 0 Å². The largest absolute Gasteiger partial charge is 0.459 e. The zero-order chi connectivity index (χ0) is 28.2. The van der Waals surface area contributed by atoms with Crippen LogP contribution in [0.2, 0.25) is 0 Å². The van der Waals surface area contributed by atoms with Crippen molar-refractivity contribution in [1.82, 2.24) is 0 Å². The van der Waals surface area contributed by atoms with Gasteiger partial charge in [-0.25, -0.2) is 9.59 Å². The molecule has 2 saturated heterocycles. The third kappa shape index (κ3) is 3.16. The van der Waals surface area contributed by atoms with Gasteiger partial charge < -0.3 is 34.3 Å². The van der Waals surface area contributed by atoms with Gasteiger partial charge in [-0.2, -0.15) is 0 Å². The van der Waals surface area contributed by atoms with Gasteiger partial charge in [0, 0.05) is 23.7 Å². The van der Waals surface area contributed by atoms with Crippen molar-refractivity contribution in [1.29, 1.82) is 0 Å². The molecule has 38 heavy (non-hydrogen) atoms. The number of allylic oxidation sites excluding steroid dienone is 1. The lowest BCUT2D eigenvalue weighted by Gasteiger charge is -2.68. The maximum Gasteiger partial charge on any atom is 0.351 e. The number of ketones is 1. The molecule has 3 aliphatic carbocycles. The van der Waals surface area contributed by atoms with Crippen LogP contribution in [0, 0.1) is 28.6 Å². The van der Waals surface area contributed by atoms with E-state index in [1.54, 1.807) is 27.7 Å². The summed E-state index contributed by atoms with van der Waals surface area (Å²) in [5.41, 5.74) is -4.91. The molecule has 2 saturated carbocycles. The molecule has 5 rings (SSSR count). The van der Waals surface area contributed by atoms with Crippen LogP contribution in [-0.2, 0) is 38.1 Å². The van der Waals surface area contributed by atoms with E-state index in [0.29, 0.717) is 5.57 Å². The smallest absolute Gasteiger partial charge is 0.351 e. The summed E-state index contributed by atoms with van der Waals surface area (Å²) in [5.74, 6) is -5.34. The number of fused-ring (bicyclic) bond motifs is 2. The summed E-state index contributed by atoms with van der Waals surface area (Å²) in [7, 11) is 0. The molecule has 210 valence electrons. The fourth-order valence-corrected chi connectivity index (χ4v) is 8.49. The second-order valence-electron chi connectivity index (χ2n) is 12.3. The fourth-order valence-electron chi connectivity index (χ4n) is 8.49. The van der Waals surface area contributed by atoms with Gasteiger partial charge in [0.05, 0.1) is 18.6 Å². The minimum Gasteiger partial charge on any atom is -0.459 e. The van der Waals surface area contributed by atoms with Gasteiger partial charge >= 0.3 is 17.9 Å². The van der Waals surface area contributed by atoms with E-state index in [1.807, 2.05) is 0 Å². The Kier molecular flexibility index (Phi) is 5.97. The molecule has 11 heteroatoms. The van der Waals surface area contributed by atoms with Crippen LogP contribution in [0.5, 0.6) is 0 Å². The Hall–Kier alpha value is -2.34. The number of carbonyl (C=O) groups excluding carboxylic acids is 4. The van der Waals surface area contributed by atoms with Crippen molar-refractivity contribution in [3.63, 3.8) is 0 Å². The number of hydrogen-bond acceptors (Lipinski definition) is 11. The molecule has 11 nitrogen and oxygen atoms in total. The van der Waals surface area contributed by atoms with Crippen LogP contribution in [0.1, 0.15) is 54.4 Å². The highest BCUT2D eigenvalue weighted by Gasteiger charge is 2.82. The Morgan fingerprint density at radius 2 is 1.84 bits per heavy atom. The molecular formula is C27H36O11. The average molecular weight is 537 g/mol. The zero-order valence-electron chi connectivity index (χ0n) is 22.4. The second kappa shape index (κ2) is 8.33. The van der Waals surface area contributed by atoms with Crippen LogP contribution >= 0.6 is 0 Å². The second-order valence-corrected chi connectivity index (χ2v) is 12.3. The minimum absolute atomic E-state index is 0.0556. The van der Waals surface area contributed by atoms with Gasteiger partial charge in [-0.15, -0.1) is 0 Å². The third-order valence-electron chi connectivity index (χ3n) is 10.4. The van der Waals surface area contributed by atoms with E-state index in [4.69, 9.17) is 18.9 Å².